The summed E-state index contributed by atoms with van der Waals surface area (Å²) in [7, 11) is 1.33. The Bertz CT molecular complexity index is 772. The first kappa shape index (κ1) is 13.1. The normalized spacial score (nSPS) is 10.6. The SMILES string of the molecule is COc1cc(-c2nnc(-c3ccccc3)o2)cc(F)c1O. The topological polar surface area (TPSA) is 68.4 Å². The molecule has 6 heteroatoms. The van der Waals surface area contributed by atoms with E-state index in [1.165, 1.54) is 13.2 Å². The Morgan fingerprint density at radius 1 is 1.05 bits per heavy atom. The van der Waals surface area contributed by atoms with Crippen LogP contribution in [-0.2, 0) is 0 Å². The molecule has 21 heavy (non-hydrogen) atoms. The van der Waals surface area contributed by atoms with E-state index < -0.39 is 11.6 Å². The van der Waals surface area contributed by atoms with Crippen molar-refractivity contribution in [3.05, 3.63) is 48.3 Å². The molecule has 0 fully saturated rings. The second-order valence-corrected chi connectivity index (χ2v) is 4.29. The van der Waals surface area contributed by atoms with Crippen molar-refractivity contribution in [2.75, 3.05) is 7.11 Å². The van der Waals surface area contributed by atoms with Gasteiger partial charge in [0.15, 0.2) is 17.3 Å². The van der Waals surface area contributed by atoms with Gasteiger partial charge >= 0.3 is 0 Å². The number of hydrogen-bond donors (Lipinski definition) is 1. The van der Waals surface area contributed by atoms with Crippen LogP contribution < -0.4 is 4.74 Å². The quantitative estimate of drug-likeness (QED) is 0.800. The molecule has 3 aromatic rings. The van der Waals surface area contributed by atoms with Crippen LogP contribution >= 0.6 is 0 Å². The maximum atomic E-state index is 13.6. The molecule has 3 rings (SSSR count). The van der Waals surface area contributed by atoms with Crippen molar-refractivity contribution in [2.24, 2.45) is 0 Å². The highest BCUT2D eigenvalue weighted by atomic mass is 19.1. The van der Waals surface area contributed by atoms with Crippen molar-refractivity contribution in [1.29, 1.82) is 0 Å². The lowest BCUT2D eigenvalue weighted by atomic mass is 10.2. The van der Waals surface area contributed by atoms with Gasteiger partial charge in [0.25, 0.3) is 0 Å². The van der Waals surface area contributed by atoms with Crippen molar-refractivity contribution in [3.8, 4) is 34.4 Å². The minimum absolute atomic E-state index is 0.00413. The van der Waals surface area contributed by atoms with E-state index in [2.05, 4.69) is 10.2 Å². The molecular formula is C15H11FN2O3. The van der Waals surface area contributed by atoms with Gasteiger partial charge in [-0.25, -0.2) is 4.39 Å². The average molecular weight is 286 g/mol. The van der Waals surface area contributed by atoms with Crippen molar-refractivity contribution in [1.82, 2.24) is 10.2 Å². The molecule has 1 heterocycles. The van der Waals surface area contributed by atoms with Gasteiger partial charge in [0.1, 0.15) is 0 Å². The molecule has 0 aliphatic rings. The summed E-state index contributed by atoms with van der Waals surface area (Å²) in [6, 6.07) is 11.8. The largest absolute Gasteiger partial charge is 0.502 e. The molecule has 0 saturated heterocycles. The number of ether oxygens (including phenoxy) is 1. The van der Waals surface area contributed by atoms with Crippen molar-refractivity contribution in [3.63, 3.8) is 0 Å². The lowest BCUT2D eigenvalue weighted by Crippen LogP contribution is -1.89. The van der Waals surface area contributed by atoms with Crippen LogP contribution in [-0.4, -0.2) is 22.4 Å². The van der Waals surface area contributed by atoms with Crippen LogP contribution in [0.2, 0.25) is 0 Å². The smallest absolute Gasteiger partial charge is 0.248 e. The van der Waals surface area contributed by atoms with E-state index >= 15 is 0 Å². The molecule has 0 saturated carbocycles. The van der Waals surface area contributed by atoms with Gasteiger partial charge in [-0.15, -0.1) is 10.2 Å². The molecule has 0 aliphatic heterocycles. The summed E-state index contributed by atoms with van der Waals surface area (Å²) in [5, 5.41) is 17.3. The van der Waals surface area contributed by atoms with Crippen LogP contribution in [0.15, 0.2) is 46.9 Å². The van der Waals surface area contributed by atoms with Gasteiger partial charge in [-0.2, -0.15) is 0 Å². The Kier molecular flexibility index (Phi) is 3.27. The fourth-order valence-electron chi connectivity index (χ4n) is 1.89. The van der Waals surface area contributed by atoms with Crippen LogP contribution in [0, 0.1) is 5.82 Å². The van der Waals surface area contributed by atoms with Gasteiger partial charge in [-0.05, 0) is 24.3 Å². The monoisotopic (exact) mass is 286 g/mol. The molecule has 0 radical (unpaired) electrons. The number of benzene rings is 2. The summed E-state index contributed by atoms with van der Waals surface area (Å²) in [6.45, 7) is 0. The van der Waals surface area contributed by atoms with Crippen molar-refractivity contribution < 1.29 is 18.7 Å². The number of halogens is 1. The highest BCUT2D eigenvalue weighted by Gasteiger charge is 2.16. The van der Waals surface area contributed by atoms with E-state index in [0.29, 0.717) is 11.5 Å². The van der Waals surface area contributed by atoms with Crippen molar-refractivity contribution >= 4 is 0 Å². The summed E-state index contributed by atoms with van der Waals surface area (Å²) in [5.74, 6) is -0.888. The Hall–Kier alpha value is -2.89. The third-order valence-corrected chi connectivity index (χ3v) is 2.94. The fraction of sp³-hybridized carbons (Fsp3) is 0.0667. The zero-order valence-electron chi connectivity index (χ0n) is 11.1. The number of phenols is 1. The molecule has 0 atom stereocenters. The van der Waals surface area contributed by atoms with Gasteiger partial charge in [-0.1, -0.05) is 18.2 Å². The van der Waals surface area contributed by atoms with E-state index in [0.717, 1.165) is 11.6 Å². The predicted molar refractivity (Wildman–Crippen MR) is 73.3 cm³/mol. The molecule has 1 N–H and O–H groups in total. The first-order valence-corrected chi connectivity index (χ1v) is 6.15. The zero-order chi connectivity index (χ0) is 14.8. The molecule has 5 nitrogen and oxygen atoms in total. The lowest BCUT2D eigenvalue weighted by molar-refractivity contribution is 0.357. The summed E-state index contributed by atoms with van der Waals surface area (Å²) in [4.78, 5) is 0. The van der Waals surface area contributed by atoms with Crippen LogP contribution in [0.1, 0.15) is 0 Å². The van der Waals surface area contributed by atoms with Crippen LogP contribution in [0.25, 0.3) is 22.9 Å². The minimum Gasteiger partial charge on any atom is -0.502 e. The van der Waals surface area contributed by atoms with Gasteiger partial charge in [0.05, 0.1) is 7.11 Å². The Morgan fingerprint density at radius 2 is 1.71 bits per heavy atom. The first-order chi connectivity index (χ1) is 10.2. The summed E-state index contributed by atoms with van der Waals surface area (Å²) in [5.41, 5.74) is 1.10. The predicted octanol–water partition coefficient (Wildman–Crippen LogP) is 3.26. The molecule has 0 bridgehead atoms. The molecular weight excluding hydrogens is 275 g/mol. The third-order valence-electron chi connectivity index (χ3n) is 2.94. The molecule has 0 aliphatic carbocycles. The van der Waals surface area contributed by atoms with Gasteiger partial charge in [-0.3, -0.25) is 0 Å². The lowest BCUT2D eigenvalue weighted by Gasteiger charge is -2.05. The molecule has 1 aromatic heterocycles. The molecule has 0 spiro atoms. The maximum absolute atomic E-state index is 13.6. The highest BCUT2D eigenvalue weighted by molar-refractivity contribution is 5.62. The number of phenolic OH excluding ortho intramolecular Hbond substituents is 1. The summed E-state index contributed by atoms with van der Waals surface area (Å²) < 4.78 is 24.0. The Balaban J connectivity index is 2.03. The molecule has 0 unspecified atom stereocenters. The van der Waals surface area contributed by atoms with E-state index in [-0.39, 0.29) is 11.6 Å². The van der Waals surface area contributed by atoms with Crippen LogP contribution in [0.4, 0.5) is 4.39 Å². The number of methoxy groups -OCH3 is 1. The number of aromatic nitrogens is 2. The third kappa shape index (κ3) is 2.43. The zero-order valence-corrected chi connectivity index (χ0v) is 11.1. The fourth-order valence-corrected chi connectivity index (χ4v) is 1.89. The van der Waals surface area contributed by atoms with Crippen LogP contribution in [0.5, 0.6) is 11.5 Å². The Morgan fingerprint density at radius 3 is 2.38 bits per heavy atom. The second-order valence-electron chi connectivity index (χ2n) is 4.29. The molecule has 0 amide bonds. The maximum Gasteiger partial charge on any atom is 0.248 e. The van der Waals surface area contributed by atoms with Gasteiger partial charge < -0.3 is 14.3 Å². The summed E-state index contributed by atoms with van der Waals surface area (Å²) in [6.07, 6.45) is 0. The van der Waals surface area contributed by atoms with E-state index in [4.69, 9.17) is 9.15 Å². The first-order valence-electron chi connectivity index (χ1n) is 6.15. The minimum atomic E-state index is -0.816. The number of nitrogens with zero attached hydrogens (tertiary/aromatic N) is 2. The van der Waals surface area contributed by atoms with Crippen LogP contribution in [0.3, 0.4) is 0 Å². The molecule has 106 valence electrons. The van der Waals surface area contributed by atoms with Gasteiger partial charge in [0.2, 0.25) is 11.8 Å². The number of rotatable bonds is 3. The highest BCUT2D eigenvalue weighted by Crippen LogP contribution is 2.34. The van der Waals surface area contributed by atoms with Crippen molar-refractivity contribution in [2.45, 2.75) is 0 Å². The van der Waals surface area contributed by atoms with E-state index in [1.807, 2.05) is 30.3 Å². The standard InChI is InChI=1S/C15H11FN2O3/c1-20-12-8-10(7-11(16)13(12)19)15-18-17-14(21-15)9-5-3-2-4-6-9/h2-8,19H,1H3. The van der Waals surface area contributed by atoms with Gasteiger partial charge in [0, 0.05) is 11.1 Å². The van der Waals surface area contributed by atoms with E-state index in [9.17, 15) is 9.50 Å². The summed E-state index contributed by atoms with van der Waals surface area (Å²) >= 11 is 0. The number of hydrogen-bond acceptors (Lipinski definition) is 5. The molecule has 2 aromatic carbocycles. The average Bonchev–Trinajstić information content (AvgIpc) is 3.00. The second kappa shape index (κ2) is 5.24. The number of aromatic hydroxyl groups is 1. The Labute approximate surface area is 119 Å². The van der Waals surface area contributed by atoms with E-state index in [1.54, 1.807) is 0 Å².